The van der Waals surface area contributed by atoms with Crippen LogP contribution in [0.5, 0.6) is 0 Å². The van der Waals surface area contributed by atoms with Crippen LogP contribution in [0.4, 0.5) is 4.79 Å². The first-order valence-electron chi connectivity index (χ1n) is 19.3. The fraction of sp³-hybridized carbons (Fsp3) is 0.806. The van der Waals surface area contributed by atoms with Crippen LogP contribution in [0, 0.1) is 0 Å². The van der Waals surface area contributed by atoms with Gasteiger partial charge in [0, 0.05) is 37.2 Å². The van der Waals surface area contributed by atoms with Gasteiger partial charge in [-0.3, -0.25) is 14.4 Å². The third-order valence-electron chi connectivity index (χ3n) is 8.13. The van der Waals surface area contributed by atoms with Gasteiger partial charge in [0.05, 0.1) is 25.9 Å². The molecule has 0 aliphatic heterocycles. The van der Waals surface area contributed by atoms with Gasteiger partial charge >= 0.3 is 24.0 Å². The van der Waals surface area contributed by atoms with Crippen molar-refractivity contribution in [3.8, 4) is 0 Å². The molecule has 0 radical (unpaired) electrons. The Kier molecular flexibility index (Phi) is 23.6. The third-order valence-corrected chi connectivity index (χ3v) is 13.2. The molecule has 0 spiro atoms. The second-order valence-corrected chi connectivity index (χ2v) is 34.5. The van der Waals surface area contributed by atoms with Gasteiger partial charge in [0.15, 0.2) is 6.10 Å². The van der Waals surface area contributed by atoms with Gasteiger partial charge in [0.1, 0.15) is 18.1 Å². The second-order valence-electron chi connectivity index (χ2n) is 17.6. The van der Waals surface area contributed by atoms with E-state index in [1.807, 2.05) is 0 Å². The Balaban J connectivity index is 5.57. The number of carbonyl (C=O) groups excluding carboxylic acids is 7. The zero-order valence-corrected chi connectivity index (χ0v) is 38.4. The van der Waals surface area contributed by atoms with Crippen molar-refractivity contribution in [1.82, 2.24) is 21.3 Å². The molecule has 0 fully saturated rings. The largest absolute Gasteiger partial charge is 0.464 e. The third kappa shape index (κ3) is 27.0. The molecule has 55 heavy (non-hydrogen) atoms. The van der Waals surface area contributed by atoms with Gasteiger partial charge in [-0.15, -0.1) is 0 Å². The monoisotopic (exact) mass is 833 g/mol. The van der Waals surface area contributed by atoms with Crippen molar-refractivity contribution in [3.63, 3.8) is 0 Å². The number of hydrogen-bond donors (Lipinski definition) is 5. The maximum Gasteiger partial charge on any atom is 0.407 e. The summed E-state index contributed by atoms with van der Waals surface area (Å²) in [6, 6.07) is -2.04. The summed E-state index contributed by atoms with van der Waals surface area (Å²) in [5, 5.41) is 10.4. The highest BCUT2D eigenvalue weighted by molar-refractivity contribution is 6.76. The fourth-order valence-corrected chi connectivity index (χ4v) is 6.50. The summed E-state index contributed by atoms with van der Waals surface area (Å²) in [6.07, 6.45) is -1.13. The number of esters is 3. The number of ether oxygens (including phenoxy) is 4. The van der Waals surface area contributed by atoms with Gasteiger partial charge in [-0.25, -0.2) is 19.2 Å². The Bertz CT molecular complexity index is 1270. The number of alkyl carbamates (subject to hydrolysis) is 1. The molecule has 0 aromatic heterocycles. The van der Waals surface area contributed by atoms with E-state index in [1.165, 1.54) is 20.8 Å². The molecule has 0 saturated heterocycles. The molecular formula is C36H71N5O11Si3. The van der Waals surface area contributed by atoms with Crippen LogP contribution in [0.25, 0.3) is 0 Å². The molecule has 0 aromatic rings. The summed E-state index contributed by atoms with van der Waals surface area (Å²) < 4.78 is 21.2. The Morgan fingerprint density at radius 2 is 1.09 bits per heavy atom. The molecule has 0 rings (SSSR count). The molecule has 16 nitrogen and oxygen atoms in total. The predicted octanol–water partition coefficient (Wildman–Crippen LogP) is 3.52. The number of rotatable bonds is 26. The lowest BCUT2D eigenvalue weighted by molar-refractivity contribution is -0.167. The van der Waals surface area contributed by atoms with Crippen LogP contribution in [-0.4, -0.2) is 123 Å². The number of carbonyl (C=O) groups is 7. The summed E-state index contributed by atoms with van der Waals surface area (Å²) >= 11 is 0. The molecule has 4 amide bonds. The lowest BCUT2D eigenvalue weighted by Crippen LogP contribution is -2.52. The topological polar surface area (TPSA) is 231 Å². The zero-order chi connectivity index (χ0) is 42.6. The maximum absolute atomic E-state index is 13.4. The summed E-state index contributed by atoms with van der Waals surface area (Å²) in [7, 11) is -4.32. The highest BCUT2D eigenvalue weighted by atomic mass is 28.3. The SMILES string of the molecule is C[C@H](N)C(=O)N[C@H](CCC(=O)N[C@@H](CCCCNC(=O)OCC[Si](C)(C)C)C(=O)N[C@H](C)C(=O)O[C@H](C)C(=O)OCC[Si](C)(C)C)C(=O)OCC[Si](C)(C)C. The second kappa shape index (κ2) is 25.1. The summed E-state index contributed by atoms with van der Waals surface area (Å²) in [4.78, 5) is 89.2. The van der Waals surface area contributed by atoms with E-state index < -0.39 is 96.2 Å². The quantitative estimate of drug-likeness (QED) is 0.0365. The molecular weight excluding hydrogens is 763 g/mol. The highest BCUT2D eigenvalue weighted by Gasteiger charge is 2.30. The number of amides is 4. The van der Waals surface area contributed by atoms with E-state index in [-0.39, 0.29) is 39.0 Å². The van der Waals surface area contributed by atoms with Crippen LogP contribution in [0.3, 0.4) is 0 Å². The van der Waals surface area contributed by atoms with E-state index in [4.69, 9.17) is 24.7 Å². The molecule has 0 aromatic carbocycles. The first kappa shape index (κ1) is 51.7. The summed E-state index contributed by atoms with van der Waals surface area (Å²) in [5.41, 5.74) is 5.69. The minimum Gasteiger partial charge on any atom is -0.464 e. The number of unbranched alkanes of at least 4 members (excludes halogenated alkanes) is 1. The molecule has 19 heteroatoms. The number of nitrogens with one attached hydrogen (secondary N) is 4. The smallest absolute Gasteiger partial charge is 0.407 e. The molecule has 5 atom stereocenters. The van der Waals surface area contributed by atoms with Crippen molar-refractivity contribution in [2.24, 2.45) is 5.73 Å². The van der Waals surface area contributed by atoms with Gasteiger partial charge in [-0.1, -0.05) is 58.9 Å². The normalized spacial score (nSPS) is 14.6. The molecule has 0 saturated carbocycles. The molecule has 0 aliphatic rings. The van der Waals surface area contributed by atoms with Crippen molar-refractivity contribution in [3.05, 3.63) is 0 Å². The van der Waals surface area contributed by atoms with E-state index in [0.29, 0.717) is 25.5 Å². The minimum atomic E-state index is -1.51. The van der Waals surface area contributed by atoms with E-state index in [2.05, 4.69) is 80.2 Å². The Morgan fingerprint density at radius 1 is 0.582 bits per heavy atom. The van der Waals surface area contributed by atoms with E-state index in [0.717, 1.165) is 12.1 Å². The van der Waals surface area contributed by atoms with Crippen molar-refractivity contribution in [1.29, 1.82) is 0 Å². The minimum absolute atomic E-state index is 0.122. The van der Waals surface area contributed by atoms with Crippen molar-refractivity contribution < 1.29 is 52.5 Å². The average Bonchev–Trinajstić information content (AvgIpc) is 3.03. The molecule has 318 valence electrons. The van der Waals surface area contributed by atoms with E-state index >= 15 is 0 Å². The van der Waals surface area contributed by atoms with Crippen LogP contribution < -0.4 is 27.0 Å². The summed E-state index contributed by atoms with van der Waals surface area (Å²) in [6.45, 7) is 24.6. The number of nitrogens with two attached hydrogens (primary N) is 1. The van der Waals surface area contributed by atoms with E-state index in [1.54, 1.807) is 0 Å². The first-order chi connectivity index (χ1) is 25.2. The van der Waals surface area contributed by atoms with Gasteiger partial charge in [-0.05, 0) is 64.6 Å². The maximum atomic E-state index is 13.4. The van der Waals surface area contributed by atoms with Crippen LogP contribution in [0.1, 0.15) is 52.9 Å². The molecule has 0 aliphatic carbocycles. The first-order valence-corrected chi connectivity index (χ1v) is 30.4. The van der Waals surface area contributed by atoms with Crippen LogP contribution in [-0.2, 0) is 47.7 Å². The number of hydrogen-bond acceptors (Lipinski definition) is 12. The molecule has 0 unspecified atom stereocenters. The Morgan fingerprint density at radius 3 is 1.60 bits per heavy atom. The molecule has 0 bridgehead atoms. The molecule has 6 N–H and O–H groups in total. The lowest BCUT2D eigenvalue weighted by Gasteiger charge is -2.23. The molecule has 0 heterocycles. The van der Waals surface area contributed by atoms with Crippen molar-refractivity contribution in [2.75, 3.05) is 26.4 Å². The highest BCUT2D eigenvalue weighted by Crippen LogP contribution is 2.12. The Labute approximate surface area is 331 Å². The average molecular weight is 834 g/mol. The van der Waals surface area contributed by atoms with Crippen molar-refractivity contribution in [2.45, 2.75) is 160 Å². The standard InChI is InChI=1S/C36H71N5O11Si3/c1-25(37)31(43)41-29(35(47)50-20-23-54(7,8)9)16-17-30(42)40-28(15-13-14-18-38-36(48)51-21-24-55(10,11)12)32(44)39-26(2)33(45)52-27(3)34(46)49-19-22-53(4,5)6/h25-29H,13-24,37H2,1-12H3,(H,38,48)(H,39,44)(H,40,42)(H,41,43)/t25-,26+,27+,28-,29+/m0/s1. The van der Waals surface area contributed by atoms with Crippen molar-refractivity contribution >= 4 is 65.9 Å². The van der Waals surface area contributed by atoms with Gasteiger partial charge in [-0.2, -0.15) is 0 Å². The van der Waals surface area contributed by atoms with Gasteiger partial charge < -0.3 is 45.9 Å². The zero-order valence-electron chi connectivity index (χ0n) is 35.4. The van der Waals surface area contributed by atoms with Gasteiger partial charge in [0.25, 0.3) is 0 Å². The Hall–Kier alpha value is -3.30. The van der Waals surface area contributed by atoms with Crippen LogP contribution in [0.2, 0.25) is 77.1 Å². The fourth-order valence-electron chi connectivity index (χ4n) is 4.36. The summed E-state index contributed by atoms with van der Waals surface area (Å²) in [5.74, 6) is -4.13. The van der Waals surface area contributed by atoms with Crippen LogP contribution >= 0.6 is 0 Å². The van der Waals surface area contributed by atoms with Crippen LogP contribution in [0.15, 0.2) is 0 Å². The predicted molar refractivity (Wildman–Crippen MR) is 219 cm³/mol. The van der Waals surface area contributed by atoms with E-state index in [9.17, 15) is 33.6 Å². The van der Waals surface area contributed by atoms with Gasteiger partial charge in [0.2, 0.25) is 17.7 Å². The lowest BCUT2D eigenvalue weighted by atomic mass is 10.1.